The SMILES string of the molecule is O=C(NCc1ccccn1)c1csc2nc(-c3cccs3)cn12. The van der Waals surface area contributed by atoms with E-state index in [-0.39, 0.29) is 5.91 Å². The molecule has 4 aromatic heterocycles. The number of nitrogens with zero attached hydrogens (tertiary/aromatic N) is 3. The second kappa shape index (κ2) is 5.94. The number of thiophene rings is 1. The average molecular weight is 340 g/mol. The highest BCUT2D eigenvalue weighted by atomic mass is 32.1. The molecule has 23 heavy (non-hydrogen) atoms. The quantitative estimate of drug-likeness (QED) is 0.619. The molecule has 1 amide bonds. The van der Waals surface area contributed by atoms with E-state index >= 15 is 0 Å². The highest BCUT2D eigenvalue weighted by Gasteiger charge is 2.15. The van der Waals surface area contributed by atoms with Crippen LogP contribution in [-0.2, 0) is 6.54 Å². The second-order valence-corrected chi connectivity index (χ2v) is 6.66. The summed E-state index contributed by atoms with van der Waals surface area (Å²) in [6, 6.07) is 9.66. The Balaban J connectivity index is 1.57. The van der Waals surface area contributed by atoms with E-state index in [0.717, 1.165) is 21.2 Å². The molecular weight excluding hydrogens is 328 g/mol. The number of carbonyl (C=O) groups excluding carboxylic acids is 1. The van der Waals surface area contributed by atoms with Crippen molar-refractivity contribution in [3.05, 3.63) is 64.9 Å². The van der Waals surface area contributed by atoms with Crippen LogP contribution in [-0.4, -0.2) is 20.3 Å². The molecule has 0 bridgehead atoms. The maximum absolute atomic E-state index is 12.4. The third-order valence-corrected chi connectivity index (χ3v) is 5.10. The Kier molecular flexibility index (Phi) is 3.64. The van der Waals surface area contributed by atoms with Crippen LogP contribution in [0.2, 0.25) is 0 Å². The summed E-state index contributed by atoms with van der Waals surface area (Å²) in [7, 11) is 0. The number of carbonyl (C=O) groups is 1. The molecule has 0 unspecified atom stereocenters. The van der Waals surface area contributed by atoms with Crippen molar-refractivity contribution in [2.24, 2.45) is 0 Å². The van der Waals surface area contributed by atoms with Crippen LogP contribution in [0.4, 0.5) is 0 Å². The number of pyridine rings is 1. The fourth-order valence-electron chi connectivity index (χ4n) is 2.25. The summed E-state index contributed by atoms with van der Waals surface area (Å²) in [5, 5.41) is 6.74. The molecule has 0 radical (unpaired) electrons. The van der Waals surface area contributed by atoms with E-state index in [1.165, 1.54) is 11.3 Å². The largest absolute Gasteiger partial charge is 0.345 e. The van der Waals surface area contributed by atoms with Gasteiger partial charge in [0.2, 0.25) is 0 Å². The maximum atomic E-state index is 12.4. The molecule has 114 valence electrons. The van der Waals surface area contributed by atoms with E-state index in [4.69, 9.17) is 0 Å². The zero-order chi connectivity index (χ0) is 15.6. The van der Waals surface area contributed by atoms with Crippen molar-refractivity contribution in [2.45, 2.75) is 6.54 Å². The number of imidazole rings is 1. The van der Waals surface area contributed by atoms with Crippen LogP contribution >= 0.6 is 22.7 Å². The predicted octanol–water partition coefficient (Wildman–Crippen LogP) is 3.45. The Morgan fingerprint density at radius 2 is 2.17 bits per heavy atom. The first-order valence-corrected chi connectivity index (χ1v) is 8.76. The third-order valence-electron chi connectivity index (χ3n) is 3.37. The standard InChI is InChI=1S/C16H12N4OS2/c21-15(18-8-11-4-1-2-6-17-11)13-10-23-16-19-12(9-20(13)16)14-5-3-7-22-14/h1-7,9-10H,8H2,(H,18,21). The van der Waals surface area contributed by atoms with Crippen LogP contribution in [0.5, 0.6) is 0 Å². The van der Waals surface area contributed by atoms with E-state index in [1.807, 2.05) is 51.7 Å². The van der Waals surface area contributed by atoms with Gasteiger partial charge in [0.25, 0.3) is 5.91 Å². The molecule has 0 aliphatic carbocycles. The monoisotopic (exact) mass is 340 g/mol. The van der Waals surface area contributed by atoms with E-state index in [9.17, 15) is 4.79 Å². The lowest BCUT2D eigenvalue weighted by atomic mass is 10.3. The Morgan fingerprint density at radius 3 is 2.96 bits per heavy atom. The van der Waals surface area contributed by atoms with Gasteiger partial charge in [0.1, 0.15) is 11.4 Å². The molecule has 0 saturated carbocycles. The molecule has 1 N–H and O–H groups in total. The maximum Gasteiger partial charge on any atom is 0.269 e. The zero-order valence-electron chi connectivity index (χ0n) is 12.0. The van der Waals surface area contributed by atoms with Gasteiger partial charge < -0.3 is 5.32 Å². The molecule has 0 aliphatic rings. The van der Waals surface area contributed by atoms with Crippen molar-refractivity contribution < 1.29 is 4.79 Å². The minimum Gasteiger partial charge on any atom is -0.345 e. The number of hydrogen-bond acceptors (Lipinski definition) is 5. The molecule has 0 fully saturated rings. The van der Waals surface area contributed by atoms with Crippen molar-refractivity contribution in [3.8, 4) is 10.6 Å². The van der Waals surface area contributed by atoms with E-state index in [0.29, 0.717) is 12.2 Å². The lowest BCUT2D eigenvalue weighted by Crippen LogP contribution is -2.24. The normalized spacial score (nSPS) is 11.0. The average Bonchev–Trinajstić information content (AvgIpc) is 3.29. The molecule has 0 aromatic carbocycles. The van der Waals surface area contributed by atoms with Crippen LogP contribution < -0.4 is 5.32 Å². The summed E-state index contributed by atoms with van der Waals surface area (Å²) in [5.41, 5.74) is 2.32. The van der Waals surface area contributed by atoms with Gasteiger partial charge in [-0.2, -0.15) is 0 Å². The fraction of sp³-hybridized carbons (Fsp3) is 0.0625. The number of hydrogen-bond donors (Lipinski definition) is 1. The van der Waals surface area contributed by atoms with Crippen molar-refractivity contribution in [3.63, 3.8) is 0 Å². The third kappa shape index (κ3) is 2.76. The number of rotatable bonds is 4. The van der Waals surface area contributed by atoms with Gasteiger partial charge in [0.15, 0.2) is 4.96 Å². The molecule has 4 aromatic rings. The van der Waals surface area contributed by atoms with Crippen LogP contribution in [0.1, 0.15) is 16.2 Å². The van der Waals surface area contributed by atoms with Crippen molar-refractivity contribution in [2.75, 3.05) is 0 Å². The molecular formula is C16H12N4OS2. The number of fused-ring (bicyclic) bond motifs is 1. The summed E-state index contributed by atoms with van der Waals surface area (Å²) >= 11 is 3.10. The second-order valence-electron chi connectivity index (χ2n) is 4.88. The fourth-order valence-corrected chi connectivity index (χ4v) is 3.79. The van der Waals surface area contributed by atoms with Crippen molar-refractivity contribution in [1.82, 2.24) is 19.7 Å². The summed E-state index contributed by atoms with van der Waals surface area (Å²) < 4.78 is 1.84. The van der Waals surface area contributed by atoms with Crippen molar-refractivity contribution >= 4 is 33.5 Å². The molecule has 0 atom stereocenters. The molecule has 0 spiro atoms. The highest BCUT2D eigenvalue weighted by molar-refractivity contribution is 7.15. The van der Waals surface area contributed by atoms with Gasteiger partial charge in [-0.15, -0.1) is 22.7 Å². The summed E-state index contributed by atoms with van der Waals surface area (Å²) in [5.74, 6) is -0.128. The van der Waals surface area contributed by atoms with Gasteiger partial charge in [-0.3, -0.25) is 14.2 Å². The summed E-state index contributed by atoms with van der Waals surface area (Å²) in [4.78, 5) is 23.1. The predicted molar refractivity (Wildman–Crippen MR) is 91.8 cm³/mol. The lowest BCUT2D eigenvalue weighted by Gasteiger charge is -2.03. The van der Waals surface area contributed by atoms with E-state index < -0.39 is 0 Å². The molecule has 5 nitrogen and oxygen atoms in total. The Bertz CT molecular complexity index is 941. The zero-order valence-corrected chi connectivity index (χ0v) is 13.6. The van der Waals surface area contributed by atoms with E-state index in [2.05, 4.69) is 15.3 Å². The molecule has 7 heteroatoms. The first-order chi connectivity index (χ1) is 11.3. The molecule has 0 saturated heterocycles. The number of nitrogens with one attached hydrogen (secondary N) is 1. The van der Waals surface area contributed by atoms with Crippen molar-refractivity contribution in [1.29, 1.82) is 0 Å². The first kappa shape index (κ1) is 14.1. The van der Waals surface area contributed by atoms with Gasteiger partial charge >= 0.3 is 0 Å². The minimum absolute atomic E-state index is 0.128. The minimum atomic E-state index is -0.128. The smallest absolute Gasteiger partial charge is 0.269 e. The van der Waals surface area contributed by atoms with Gasteiger partial charge in [0.05, 0.1) is 17.1 Å². The number of amides is 1. The Labute approximate surface area is 140 Å². The number of thiazole rings is 1. The van der Waals surface area contributed by atoms with Crippen LogP contribution in [0.3, 0.4) is 0 Å². The van der Waals surface area contributed by atoms with Gasteiger partial charge in [-0.1, -0.05) is 12.1 Å². The lowest BCUT2D eigenvalue weighted by molar-refractivity contribution is 0.0945. The molecule has 4 heterocycles. The van der Waals surface area contributed by atoms with Crippen LogP contribution in [0.25, 0.3) is 15.5 Å². The van der Waals surface area contributed by atoms with Gasteiger partial charge in [-0.05, 0) is 23.6 Å². The highest BCUT2D eigenvalue weighted by Crippen LogP contribution is 2.26. The van der Waals surface area contributed by atoms with Crippen LogP contribution in [0.15, 0.2) is 53.5 Å². The van der Waals surface area contributed by atoms with Crippen LogP contribution in [0, 0.1) is 0 Å². The summed E-state index contributed by atoms with van der Waals surface area (Å²) in [6.45, 7) is 0.406. The molecule has 4 rings (SSSR count). The number of aromatic nitrogens is 3. The Hall–Kier alpha value is -2.51. The summed E-state index contributed by atoms with van der Waals surface area (Å²) in [6.07, 6.45) is 3.63. The van der Waals surface area contributed by atoms with E-state index in [1.54, 1.807) is 17.5 Å². The Morgan fingerprint density at radius 1 is 1.22 bits per heavy atom. The molecule has 0 aliphatic heterocycles. The topological polar surface area (TPSA) is 59.3 Å². The van der Waals surface area contributed by atoms with Gasteiger partial charge in [0, 0.05) is 17.8 Å². The van der Waals surface area contributed by atoms with Gasteiger partial charge in [-0.25, -0.2) is 4.98 Å². The first-order valence-electron chi connectivity index (χ1n) is 7.00.